The molecule has 13 heteroatoms. The minimum absolute atomic E-state index is 0.0631. The van der Waals surface area contributed by atoms with Crippen molar-refractivity contribution in [1.29, 1.82) is 0 Å². The van der Waals surface area contributed by atoms with Crippen molar-refractivity contribution >= 4 is 37.9 Å². The molecule has 3 heterocycles. The molecule has 0 aromatic heterocycles. The largest absolute Gasteiger partial charge is 0.507 e. The highest BCUT2D eigenvalue weighted by molar-refractivity contribution is 7.11. The first-order chi connectivity index (χ1) is 31.7. The highest BCUT2D eigenvalue weighted by Gasteiger charge is 2.48. The van der Waals surface area contributed by atoms with E-state index >= 15 is 0 Å². The lowest BCUT2D eigenvalue weighted by Gasteiger charge is -2.44. The van der Waals surface area contributed by atoms with Gasteiger partial charge >= 0.3 is 0 Å². The molecule has 66 heavy (non-hydrogen) atoms. The van der Waals surface area contributed by atoms with Crippen LogP contribution in [0.15, 0.2) is 84.9 Å². The molecule has 344 valence electrons. The second-order valence-corrected chi connectivity index (χ2v) is 19.5. The number of benzene rings is 6. The van der Waals surface area contributed by atoms with Crippen molar-refractivity contribution in [1.82, 2.24) is 0 Å². The van der Waals surface area contributed by atoms with E-state index in [9.17, 15) is 10.2 Å². The normalized spacial score (nSPS) is 23.0. The standard InChI is InChI=1S/C53H58O9P4/c1-24-9-12-32(17-27(24)4)49-29(6)19-37-26(3)11-15-36(52(37)57-49)44-30(7)51(33-13-10-25(2)28(5)18-33)58-53-46(44)38(54)23-39(55)47(53)45-31(8)50(34-14-16-40(60-64)41(20-34)61-65)56-42-21-35(59-63)22-43(62-66)48(42)45/h9-18,20-23,29-31,44-45,49-51,54-55H,19,63-66H2,1-8H3. The Kier molecular flexibility index (Phi) is 12.9. The maximum absolute atomic E-state index is 12.5. The zero-order chi connectivity index (χ0) is 46.9. The zero-order valence-corrected chi connectivity index (χ0v) is 43.1. The summed E-state index contributed by atoms with van der Waals surface area (Å²) in [4.78, 5) is 0. The Labute approximate surface area is 397 Å². The molecule has 9 nitrogen and oxygen atoms in total. The topological polar surface area (TPSA) is 105 Å². The number of ether oxygens (including phenoxy) is 3. The van der Waals surface area contributed by atoms with Gasteiger partial charge in [-0.2, -0.15) is 0 Å². The highest BCUT2D eigenvalue weighted by atomic mass is 31.0. The minimum atomic E-state index is -0.604. The maximum atomic E-state index is 12.5. The van der Waals surface area contributed by atoms with Gasteiger partial charge in [0.05, 0.1) is 37.9 Å². The van der Waals surface area contributed by atoms with Crippen LogP contribution in [0.3, 0.4) is 0 Å². The van der Waals surface area contributed by atoms with Gasteiger partial charge < -0.3 is 42.5 Å². The summed E-state index contributed by atoms with van der Waals surface area (Å²) >= 11 is 0. The van der Waals surface area contributed by atoms with Gasteiger partial charge in [-0.1, -0.05) is 75.4 Å². The Hall–Kier alpha value is -4.76. The molecule has 3 aliphatic heterocycles. The third-order valence-corrected chi connectivity index (χ3v) is 15.5. The molecule has 0 aliphatic carbocycles. The fourth-order valence-electron chi connectivity index (χ4n) is 10.7. The molecule has 0 saturated heterocycles. The molecular formula is C53H58O9P4. The van der Waals surface area contributed by atoms with Gasteiger partial charge in [0.25, 0.3) is 0 Å². The summed E-state index contributed by atoms with van der Waals surface area (Å²) in [6, 6.07) is 28.2. The maximum Gasteiger partial charge on any atom is 0.165 e. The van der Waals surface area contributed by atoms with Gasteiger partial charge in [0.2, 0.25) is 0 Å². The first-order valence-electron chi connectivity index (χ1n) is 22.3. The summed E-state index contributed by atoms with van der Waals surface area (Å²) < 4.78 is 44.6. The van der Waals surface area contributed by atoms with Gasteiger partial charge in [-0.15, -0.1) is 0 Å². The van der Waals surface area contributed by atoms with Crippen molar-refractivity contribution < 1.29 is 42.5 Å². The van der Waals surface area contributed by atoms with Gasteiger partial charge in [0.15, 0.2) is 11.5 Å². The fourth-order valence-corrected chi connectivity index (χ4v) is 11.4. The van der Waals surface area contributed by atoms with Crippen LogP contribution in [0.25, 0.3) is 0 Å². The van der Waals surface area contributed by atoms with Crippen molar-refractivity contribution in [2.24, 2.45) is 17.8 Å². The van der Waals surface area contributed by atoms with Crippen LogP contribution in [0.1, 0.15) is 123 Å². The smallest absolute Gasteiger partial charge is 0.165 e. The molecule has 0 spiro atoms. The zero-order valence-electron chi connectivity index (χ0n) is 38.5. The van der Waals surface area contributed by atoms with E-state index in [0.717, 1.165) is 51.1 Å². The molecular weight excluding hydrogens is 904 g/mol. The summed E-state index contributed by atoms with van der Waals surface area (Å²) in [6.07, 6.45) is -0.418. The third kappa shape index (κ3) is 7.92. The van der Waals surface area contributed by atoms with Gasteiger partial charge in [0, 0.05) is 70.0 Å². The summed E-state index contributed by atoms with van der Waals surface area (Å²) in [5.41, 5.74) is 12.8. The van der Waals surface area contributed by atoms with E-state index in [1.165, 1.54) is 22.8 Å². The average Bonchev–Trinajstić information content (AvgIpc) is 3.31. The Morgan fingerprint density at radius 2 is 1.03 bits per heavy atom. The number of rotatable bonds is 9. The molecule has 0 fully saturated rings. The molecule has 9 rings (SSSR count). The fraction of sp³-hybridized carbons (Fsp3) is 0.321. The summed E-state index contributed by atoms with van der Waals surface area (Å²) in [7, 11) is 9.21. The molecule has 0 bridgehead atoms. The Bertz CT molecular complexity index is 2870. The van der Waals surface area contributed by atoms with Crippen LogP contribution in [-0.2, 0) is 6.42 Å². The quantitative estimate of drug-likeness (QED) is 0.137. The summed E-state index contributed by atoms with van der Waals surface area (Å²) in [5.74, 6) is 2.19. The van der Waals surface area contributed by atoms with Crippen LogP contribution in [0, 0.1) is 52.4 Å². The van der Waals surface area contributed by atoms with Crippen LogP contribution < -0.4 is 32.3 Å². The lowest BCUT2D eigenvalue weighted by molar-refractivity contribution is 0.0912. The number of phenols is 2. The number of fused-ring (bicyclic) bond motifs is 3. The lowest BCUT2D eigenvalue weighted by atomic mass is 9.69. The first kappa shape index (κ1) is 46.4. The van der Waals surface area contributed by atoms with E-state index in [4.69, 9.17) is 32.3 Å². The third-order valence-electron chi connectivity index (χ3n) is 14.5. The average molecular weight is 963 g/mol. The Morgan fingerprint density at radius 3 is 1.65 bits per heavy atom. The van der Waals surface area contributed by atoms with Crippen molar-refractivity contribution in [3.63, 3.8) is 0 Å². The van der Waals surface area contributed by atoms with Gasteiger partial charge in [-0.25, -0.2) is 0 Å². The lowest BCUT2D eigenvalue weighted by Crippen LogP contribution is -2.33. The second kappa shape index (κ2) is 18.4. The van der Waals surface area contributed by atoms with Gasteiger partial charge in [0.1, 0.15) is 58.6 Å². The number of phenolic OH excluding ortho intramolecular Hbond substituents is 2. The van der Waals surface area contributed by atoms with Crippen molar-refractivity contribution in [3.05, 3.63) is 157 Å². The summed E-state index contributed by atoms with van der Waals surface area (Å²) in [5, 5.41) is 24.9. The predicted octanol–water partition coefficient (Wildman–Crippen LogP) is 13.4. The summed E-state index contributed by atoms with van der Waals surface area (Å²) in [6.45, 7) is 17.2. The van der Waals surface area contributed by atoms with E-state index in [2.05, 4.69) is 142 Å². The molecule has 6 aromatic rings. The molecule has 6 aromatic carbocycles. The van der Waals surface area contributed by atoms with E-state index in [1.54, 1.807) is 6.07 Å². The molecule has 12 atom stereocenters. The van der Waals surface area contributed by atoms with E-state index < -0.39 is 24.0 Å². The number of aryl methyl sites for hydroxylation is 5. The van der Waals surface area contributed by atoms with Crippen LogP contribution in [-0.4, -0.2) is 10.2 Å². The van der Waals surface area contributed by atoms with Crippen molar-refractivity contribution in [2.75, 3.05) is 0 Å². The van der Waals surface area contributed by atoms with E-state index in [0.29, 0.717) is 51.2 Å². The second-order valence-electron chi connectivity index (χ2n) is 18.5. The van der Waals surface area contributed by atoms with Gasteiger partial charge in [-0.05, 0) is 103 Å². The van der Waals surface area contributed by atoms with Crippen LogP contribution >= 0.6 is 37.9 Å². The molecule has 0 radical (unpaired) electrons. The Balaban J connectivity index is 1.30. The Morgan fingerprint density at radius 1 is 0.485 bits per heavy atom. The van der Waals surface area contributed by atoms with Crippen molar-refractivity contribution in [3.8, 4) is 51.7 Å². The monoisotopic (exact) mass is 962 g/mol. The predicted molar refractivity (Wildman–Crippen MR) is 272 cm³/mol. The highest BCUT2D eigenvalue weighted by Crippen LogP contribution is 2.63. The SMILES string of the molecule is Cc1ccc(C2Oc3c(C4c5c(O)cc(O)c(C6c7c(OP)cc(OP)cc7OC(c7ccc(OP)c(OP)c7)C6C)c5OC(c5ccc(C)c(C)c5)C4C)ccc(C)c3CC2C)cc1C. The first-order valence-corrected chi connectivity index (χ1v) is 24.2. The molecule has 3 aliphatic rings. The number of hydrogen-bond acceptors (Lipinski definition) is 9. The molecule has 0 amide bonds. The van der Waals surface area contributed by atoms with E-state index in [1.807, 2.05) is 24.3 Å². The van der Waals surface area contributed by atoms with Crippen LogP contribution in [0.2, 0.25) is 0 Å². The van der Waals surface area contributed by atoms with Crippen molar-refractivity contribution in [2.45, 2.75) is 92.0 Å². The van der Waals surface area contributed by atoms with Gasteiger partial charge in [-0.3, -0.25) is 0 Å². The molecule has 2 N–H and O–H groups in total. The minimum Gasteiger partial charge on any atom is -0.507 e. The molecule has 12 unspecified atom stereocenters. The number of hydrogen-bond donors (Lipinski definition) is 2. The van der Waals surface area contributed by atoms with Crippen LogP contribution in [0.4, 0.5) is 0 Å². The molecule has 0 saturated carbocycles. The number of aromatic hydroxyl groups is 2. The van der Waals surface area contributed by atoms with Crippen LogP contribution in [0.5, 0.6) is 51.7 Å². The van der Waals surface area contributed by atoms with E-state index in [-0.39, 0.29) is 35.4 Å².